The number of amides is 1. The second kappa shape index (κ2) is 7.28. The van der Waals surface area contributed by atoms with Crippen molar-refractivity contribution in [2.45, 2.75) is 44.4 Å². The van der Waals surface area contributed by atoms with Crippen molar-refractivity contribution in [3.05, 3.63) is 65.0 Å². The van der Waals surface area contributed by atoms with Gasteiger partial charge >= 0.3 is 0 Å². The summed E-state index contributed by atoms with van der Waals surface area (Å²) in [6.07, 6.45) is 5.47. The van der Waals surface area contributed by atoms with Crippen molar-refractivity contribution in [2.24, 2.45) is 0 Å². The minimum Gasteiger partial charge on any atom is -0.373 e. The average molecular weight is 380 g/mol. The van der Waals surface area contributed by atoms with Crippen LogP contribution in [-0.4, -0.2) is 47.2 Å². The van der Waals surface area contributed by atoms with E-state index >= 15 is 0 Å². The molecule has 1 amide bonds. The third kappa shape index (κ3) is 3.43. The summed E-state index contributed by atoms with van der Waals surface area (Å²) < 4.78 is 17.6. The zero-order chi connectivity index (χ0) is 19.0. The standard InChI is InChI=1S/C22H24N2O4/c25-21(17-3-4-18-12-26-13-19(18)8-17)24-14-22(15-24)9-20(5-7-28-22)27-11-16-2-1-6-23-10-16/h1-4,6,8,10,20H,5,7,9,11-15H2/t20-/m1/s1. The predicted octanol–water partition coefficient (Wildman–Crippen LogP) is 2.70. The molecule has 0 saturated carbocycles. The van der Waals surface area contributed by atoms with Gasteiger partial charge in [-0.3, -0.25) is 9.78 Å². The summed E-state index contributed by atoms with van der Waals surface area (Å²) >= 11 is 0. The Hall–Kier alpha value is -2.28. The molecule has 1 atom stereocenters. The fourth-order valence-corrected chi connectivity index (χ4v) is 4.32. The summed E-state index contributed by atoms with van der Waals surface area (Å²) in [4.78, 5) is 18.8. The fourth-order valence-electron chi connectivity index (χ4n) is 4.32. The lowest BCUT2D eigenvalue weighted by Crippen LogP contribution is -2.67. The van der Waals surface area contributed by atoms with Crippen LogP contribution < -0.4 is 0 Å². The number of hydrogen-bond donors (Lipinski definition) is 0. The Balaban J connectivity index is 1.17. The second-order valence-corrected chi connectivity index (χ2v) is 7.96. The van der Waals surface area contributed by atoms with Gasteiger partial charge in [-0.15, -0.1) is 0 Å². The van der Waals surface area contributed by atoms with Crippen LogP contribution >= 0.6 is 0 Å². The van der Waals surface area contributed by atoms with Crippen molar-refractivity contribution < 1.29 is 19.0 Å². The molecule has 3 aliphatic heterocycles. The number of benzene rings is 1. The van der Waals surface area contributed by atoms with Gasteiger partial charge in [-0.2, -0.15) is 0 Å². The lowest BCUT2D eigenvalue weighted by atomic mass is 9.84. The predicted molar refractivity (Wildman–Crippen MR) is 102 cm³/mol. The molecule has 1 aromatic heterocycles. The van der Waals surface area contributed by atoms with E-state index in [1.54, 1.807) is 6.20 Å². The minimum atomic E-state index is -0.257. The molecular formula is C22H24N2O4. The van der Waals surface area contributed by atoms with E-state index in [-0.39, 0.29) is 17.6 Å². The van der Waals surface area contributed by atoms with E-state index in [0.717, 1.165) is 29.5 Å². The summed E-state index contributed by atoms with van der Waals surface area (Å²) in [7, 11) is 0. The molecule has 0 N–H and O–H groups in total. The molecule has 0 aliphatic carbocycles. The molecule has 28 heavy (non-hydrogen) atoms. The van der Waals surface area contributed by atoms with Crippen LogP contribution in [0.25, 0.3) is 0 Å². The minimum absolute atomic E-state index is 0.0716. The molecule has 4 heterocycles. The van der Waals surface area contributed by atoms with Crippen molar-refractivity contribution in [1.82, 2.24) is 9.88 Å². The monoisotopic (exact) mass is 380 g/mol. The van der Waals surface area contributed by atoms with Crippen molar-refractivity contribution in [2.75, 3.05) is 19.7 Å². The van der Waals surface area contributed by atoms with E-state index in [9.17, 15) is 4.79 Å². The maximum Gasteiger partial charge on any atom is 0.254 e. The number of ether oxygens (including phenoxy) is 3. The number of likely N-dealkylation sites (tertiary alicyclic amines) is 1. The van der Waals surface area contributed by atoms with Crippen LogP contribution in [0.4, 0.5) is 0 Å². The number of carbonyl (C=O) groups excluding carboxylic acids is 1. The Morgan fingerprint density at radius 1 is 1.25 bits per heavy atom. The largest absolute Gasteiger partial charge is 0.373 e. The van der Waals surface area contributed by atoms with E-state index in [0.29, 0.717) is 39.5 Å². The van der Waals surface area contributed by atoms with Gasteiger partial charge in [0.2, 0.25) is 0 Å². The lowest BCUT2D eigenvalue weighted by Gasteiger charge is -2.53. The Kier molecular flexibility index (Phi) is 4.62. The topological polar surface area (TPSA) is 60.9 Å². The van der Waals surface area contributed by atoms with Crippen LogP contribution in [0, 0.1) is 0 Å². The van der Waals surface area contributed by atoms with Gasteiger partial charge in [0.05, 0.1) is 39.0 Å². The van der Waals surface area contributed by atoms with E-state index in [4.69, 9.17) is 14.2 Å². The number of carbonyl (C=O) groups is 1. The number of rotatable bonds is 4. The summed E-state index contributed by atoms with van der Waals surface area (Å²) in [6.45, 7) is 3.74. The quantitative estimate of drug-likeness (QED) is 0.816. The van der Waals surface area contributed by atoms with Crippen molar-refractivity contribution in [1.29, 1.82) is 0 Å². The number of aromatic nitrogens is 1. The van der Waals surface area contributed by atoms with Crippen LogP contribution in [0.3, 0.4) is 0 Å². The summed E-state index contributed by atoms with van der Waals surface area (Å²) in [6, 6.07) is 9.82. The Bertz CT molecular complexity index is 864. The third-order valence-corrected chi connectivity index (χ3v) is 5.87. The maximum absolute atomic E-state index is 12.8. The number of pyridine rings is 1. The van der Waals surface area contributed by atoms with Crippen molar-refractivity contribution >= 4 is 5.91 Å². The van der Waals surface area contributed by atoms with E-state index < -0.39 is 0 Å². The highest BCUT2D eigenvalue weighted by Crippen LogP contribution is 2.36. The molecule has 1 aromatic carbocycles. The van der Waals surface area contributed by atoms with Gasteiger partial charge in [-0.25, -0.2) is 0 Å². The molecule has 0 bridgehead atoms. The fraction of sp³-hybridized carbons (Fsp3) is 0.455. The zero-order valence-corrected chi connectivity index (χ0v) is 15.8. The zero-order valence-electron chi connectivity index (χ0n) is 15.8. The lowest BCUT2D eigenvalue weighted by molar-refractivity contribution is -0.188. The molecule has 2 aromatic rings. The maximum atomic E-state index is 12.8. The molecule has 2 fully saturated rings. The Morgan fingerprint density at radius 3 is 3.00 bits per heavy atom. The number of nitrogens with zero attached hydrogens (tertiary/aromatic N) is 2. The van der Waals surface area contributed by atoms with Gasteiger partial charge in [0.25, 0.3) is 5.91 Å². The van der Waals surface area contributed by atoms with Gasteiger partial charge in [0.1, 0.15) is 5.60 Å². The first-order valence-electron chi connectivity index (χ1n) is 9.84. The van der Waals surface area contributed by atoms with Gasteiger partial charge in [0, 0.05) is 31.0 Å². The Labute approximate surface area is 164 Å². The van der Waals surface area contributed by atoms with E-state index in [1.807, 2.05) is 41.4 Å². The van der Waals surface area contributed by atoms with Gasteiger partial charge in [0.15, 0.2) is 0 Å². The molecule has 146 valence electrons. The molecule has 0 radical (unpaired) electrons. The second-order valence-electron chi connectivity index (χ2n) is 7.96. The van der Waals surface area contributed by atoms with E-state index in [1.165, 1.54) is 5.56 Å². The molecule has 6 nitrogen and oxygen atoms in total. The summed E-state index contributed by atoms with van der Waals surface area (Å²) in [5.74, 6) is 0.0716. The van der Waals surface area contributed by atoms with Crippen LogP contribution in [0.1, 0.15) is 39.9 Å². The number of hydrogen-bond acceptors (Lipinski definition) is 5. The molecule has 1 spiro atoms. The van der Waals surface area contributed by atoms with Crippen LogP contribution in [0.2, 0.25) is 0 Å². The molecule has 0 unspecified atom stereocenters. The average Bonchev–Trinajstić information content (AvgIpc) is 3.19. The highest BCUT2D eigenvalue weighted by molar-refractivity contribution is 5.95. The molecule has 2 saturated heterocycles. The van der Waals surface area contributed by atoms with Crippen LogP contribution in [-0.2, 0) is 34.0 Å². The number of fused-ring (bicyclic) bond motifs is 1. The first-order valence-corrected chi connectivity index (χ1v) is 9.84. The molecule has 3 aliphatic rings. The normalized spacial score (nSPS) is 22.7. The van der Waals surface area contributed by atoms with Crippen molar-refractivity contribution in [3.8, 4) is 0 Å². The Morgan fingerprint density at radius 2 is 2.14 bits per heavy atom. The highest BCUT2D eigenvalue weighted by atomic mass is 16.5. The van der Waals surface area contributed by atoms with E-state index in [2.05, 4.69) is 4.98 Å². The van der Waals surface area contributed by atoms with Gasteiger partial charge in [-0.1, -0.05) is 12.1 Å². The van der Waals surface area contributed by atoms with Crippen LogP contribution in [0.15, 0.2) is 42.7 Å². The third-order valence-electron chi connectivity index (χ3n) is 5.87. The molecule has 5 rings (SSSR count). The molecular weight excluding hydrogens is 356 g/mol. The first-order chi connectivity index (χ1) is 13.7. The summed E-state index contributed by atoms with van der Waals surface area (Å²) in [5.41, 5.74) is 3.86. The van der Waals surface area contributed by atoms with Gasteiger partial charge in [-0.05, 0) is 41.3 Å². The SMILES string of the molecule is O=C(c1ccc2c(c1)COC2)N1CC2(C[C@H](OCc3cccnc3)CCO2)C1. The highest BCUT2D eigenvalue weighted by Gasteiger charge is 2.49. The van der Waals surface area contributed by atoms with Crippen molar-refractivity contribution in [3.63, 3.8) is 0 Å². The summed E-state index contributed by atoms with van der Waals surface area (Å²) in [5, 5.41) is 0. The van der Waals surface area contributed by atoms with Gasteiger partial charge < -0.3 is 19.1 Å². The first kappa shape index (κ1) is 17.8. The smallest absolute Gasteiger partial charge is 0.254 e. The van der Waals surface area contributed by atoms with Crippen LogP contribution in [0.5, 0.6) is 0 Å². The molecule has 6 heteroatoms.